The van der Waals surface area contributed by atoms with Crippen molar-refractivity contribution < 1.29 is 9.90 Å². The molecule has 68 valence electrons. The van der Waals surface area contributed by atoms with Crippen molar-refractivity contribution in [3.8, 4) is 0 Å². The third-order valence-corrected chi connectivity index (χ3v) is 3.25. The zero-order valence-electron chi connectivity index (χ0n) is 7.12. The molecule has 0 aromatic rings. The summed E-state index contributed by atoms with van der Waals surface area (Å²) in [4.78, 5) is 10.8. The minimum atomic E-state index is -0.614. The Morgan fingerprint density at radius 1 is 1.33 bits per heavy atom. The third kappa shape index (κ3) is 1.22. The topological polar surface area (TPSA) is 49.3 Å². The van der Waals surface area contributed by atoms with Crippen LogP contribution in [0.2, 0.25) is 0 Å². The molecule has 1 aliphatic carbocycles. The van der Waals surface area contributed by atoms with Gasteiger partial charge in [-0.05, 0) is 18.8 Å². The van der Waals surface area contributed by atoms with Crippen LogP contribution < -0.4 is 5.32 Å². The van der Waals surface area contributed by atoms with Crippen LogP contribution in [0.5, 0.6) is 0 Å². The van der Waals surface area contributed by atoms with Gasteiger partial charge in [-0.25, -0.2) is 0 Å². The van der Waals surface area contributed by atoms with Crippen LogP contribution in [0.25, 0.3) is 0 Å². The molecule has 2 fully saturated rings. The molecule has 1 aliphatic heterocycles. The first-order chi connectivity index (χ1) is 5.79. The summed E-state index contributed by atoms with van der Waals surface area (Å²) in [7, 11) is 0. The minimum absolute atomic E-state index is 0.115. The number of fused-ring (bicyclic) bond motifs is 1. The lowest BCUT2D eigenvalue weighted by Crippen LogP contribution is -2.31. The fourth-order valence-corrected chi connectivity index (χ4v) is 2.59. The molecule has 1 saturated carbocycles. The van der Waals surface area contributed by atoms with Crippen molar-refractivity contribution in [3.05, 3.63) is 0 Å². The van der Waals surface area contributed by atoms with E-state index in [1.807, 2.05) is 0 Å². The van der Waals surface area contributed by atoms with Crippen molar-refractivity contribution >= 4 is 5.97 Å². The molecule has 1 saturated heterocycles. The molecule has 0 aromatic carbocycles. The summed E-state index contributed by atoms with van der Waals surface area (Å²) in [6.07, 6.45) is 4.76. The quantitative estimate of drug-likeness (QED) is 0.611. The highest BCUT2D eigenvalue weighted by Gasteiger charge is 2.40. The molecule has 0 spiro atoms. The van der Waals surface area contributed by atoms with Crippen molar-refractivity contribution in [2.24, 2.45) is 11.8 Å². The highest BCUT2D eigenvalue weighted by atomic mass is 16.4. The molecule has 0 amide bonds. The van der Waals surface area contributed by atoms with E-state index in [1.54, 1.807) is 0 Å². The molecule has 2 aliphatic rings. The number of hydrogen-bond acceptors (Lipinski definition) is 2. The zero-order chi connectivity index (χ0) is 8.55. The lowest BCUT2D eigenvalue weighted by Gasteiger charge is -2.26. The number of carboxylic acid groups (broad SMARTS) is 1. The molecular weight excluding hydrogens is 154 g/mol. The Balaban J connectivity index is 2.05. The first kappa shape index (κ1) is 8.05. The summed E-state index contributed by atoms with van der Waals surface area (Å²) in [5.41, 5.74) is 0. The second kappa shape index (κ2) is 3.05. The highest BCUT2D eigenvalue weighted by molar-refractivity contribution is 5.71. The van der Waals surface area contributed by atoms with Crippen LogP contribution in [0.3, 0.4) is 0 Å². The van der Waals surface area contributed by atoms with E-state index in [1.165, 1.54) is 19.3 Å². The Kier molecular flexibility index (Phi) is 2.05. The monoisotopic (exact) mass is 169 g/mol. The van der Waals surface area contributed by atoms with E-state index in [0.29, 0.717) is 18.5 Å². The summed E-state index contributed by atoms with van der Waals surface area (Å²) in [5.74, 6) is -0.316. The molecule has 3 heteroatoms. The van der Waals surface area contributed by atoms with Crippen molar-refractivity contribution in [1.29, 1.82) is 0 Å². The van der Waals surface area contributed by atoms with Gasteiger partial charge in [0.25, 0.3) is 0 Å². The molecule has 3 nitrogen and oxygen atoms in total. The summed E-state index contributed by atoms with van der Waals surface area (Å²) in [6.45, 7) is 0.685. The Hall–Kier alpha value is -0.570. The summed E-state index contributed by atoms with van der Waals surface area (Å²) < 4.78 is 0. The van der Waals surface area contributed by atoms with Gasteiger partial charge >= 0.3 is 5.97 Å². The highest BCUT2D eigenvalue weighted by Crippen LogP contribution is 2.34. The Morgan fingerprint density at radius 3 is 2.83 bits per heavy atom. The lowest BCUT2D eigenvalue weighted by atomic mass is 9.80. The molecule has 3 atom stereocenters. The maximum Gasteiger partial charge on any atom is 0.308 e. The summed E-state index contributed by atoms with van der Waals surface area (Å²) >= 11 is 0. The normalized spacial score (nSPS) is 40.8. The van der Waals surface area contributed by atoms with Gasteiger partial charge in [-0.15, -0.1) is 0 Å². The summed E-state index contributed by atoms with van der Waals surface area (Å²) in [5, 5.41) is 12.2. The largest absolute Gasteiger partial charge is 0.481 e. The molecule has 2 N–H and O–H groups in total. The van der Waals surface area contributed by atoms with Gasteiger partial charge in [0, 0.05) is 12.6 Å². The van der Waals surface area contributed by atoms with E-state index in [0.717, 1.165) is 6.42 Å². The summed E-state index contributed by atoms with van der Waals surface area (Å²) in [6, 6.07) is 0.500. The standard InChI is InChI=1S/C9H15NO2/c11-9(12)7-5-10-8-4-2-1-3-6(7)8/h6-8,10H,1-5H2,(H,11,12). The Labute approximate surface area is 72.2 Å². The van der Waals surface area contributed by atoms with Crippen LogP contribution in [0.4, 0.5) is 0 Å². The predicted molar refractivity (Wildman–Crippen MR) is 44.9 cm³/mol. The SMILES string of the molecule is O=C(O)C1CNC2CCCCC21. The van der Waals surface area contributed by atoms with Crippen LogP contribution >= 0.6 is 0 Å². The number of carboxylic acids is 1. The number of rotatable bonds is 1. The van der Waals surface area contributed by atoms with Gasteiger partial charge in [0.15, 0.2) is 0 Å². The first-order valence-electron chi connectivity index (χ1n) is 4.75. The van der Waals surface area contributed by atoms with E-state index < -0.39 is 5.97 Å². The van der Waals surface area contributed by atoms with Gasteiger partial charge in [-0.2, -0.15) is 0 Å². The maximum absolute atomic E-state index is 10.8. The molecule has 0 radical (unpaired) electrons. The van der Waals surface area contributed by atoms with Gasteiger partial charge in [0.05, 0.1) is 5.92 Å². The number of nitrogens with one attached hydrogen (secondary N) is 1. The first-order valence-corrected chi connectivity index (χ1v) is 4.75. The van der Waals surface area contributed by atoms with Gasteiger partial charge in [0.2, 0.25) is 0 Å². The van der Waals surface area contributed by atoms with Crippen LogP contribution in [0, 0.1) is 11.8 Å². The van der Waals surface area contributed by atoms with E-state index in [9.17, 15) is 4.79 Å². The molecule has 0 aromatic heterocycles. The second-order valence-corrected chi connectivity index (χ2v) is 3.91. The Bertz CT molecular complexity index is 193. The second-order valence-electron chi connectivity index (χ2n) is 3.91. The third-order valence-electron chi connectivity index (χ3n) is 3.25. The van der Waals surface area contributed by atoms with Crippen molar-refractivity contribution in [3.63, 3.8) is 0 Å². The number of hydrogen-bond donors (Lipinski definition) is 2. The van der Waals surface area contributed by atoms with E-state index in [4.69, 9.17) is 5.11 Å². The molecule has 2 rings (SSSR count). The van der Waals surface area contributed by atoms with E-state index in [-0.39, 0.29) is 5.92 Å². The van der Waals surface area contributed by atoms with Crippen molar-refractivity contribution in [2.45, 2.75) is 31.7 Å². The molecule has 0 bridgehead atoms. The fraction of sp³-hybridized carbons (Fsp3) is 0.889. The van der Waals surface area contributed by atoms with E-state index in [2.05, 4.69) is 5.32 Å². The predicted octanol–water partition coefficient (Wildman–Crippen LogP) is 0.849. The fourth-order valence-electron chi connectivity index (χ4n) is 2.59. The van der Waals surface area contributed by atoms with E-state index >= 15 is 0 Å². The van der Waals surface area contributed by atoms with Crippen molar-refractivity contribution in [1.82, 2.24) is 5.32 Å². The van der Waals surface area contributed by atoms with Crippen LogP contribution in [-0.4, -0.2) is 23.7 Å². The average Bonchev–Trinajstić information content (AvgIpc) is 2.47. The van der Waals surface area contributed by atoms with Crippen LogP contribution in [-0.2, 0) is 4.79 Å². The van der Waals surface area contributed by atoms with Crippen molar-refractivity contribution in [2.75, 3.05) is 6.54 Å². The van der Waals surface area contributed by atoms with Gasteiger partial charge in [-0.1, -0.05) is 12.8 Å². The Morgan fingerprint density at radius 2 is 2.08 bits per heavy atom. The molecule has 3 unspecified atom stereocenters. The van der Waals surface area contributed by atoms with Gasteiger partial charge < -0.3 is 10.4 Å². The molecule has 1 heterocycles. The number of carbonyl (C=O) groups is 1. The average molecular weight is 169 g/mol. The van der Waals surface area contributed by atoms with Gasteiger partial charge in [0.1, 0.15) is 0 Å². The molecule has 12 heavy (non-hydrogen) atoms. The lowest BCUT2D eigenvalue weighted by molar-refractivity contribution is -0.142. The molecular formula is C9H15NO2. The van der Waals surface area contributed by atoms with Gasteiger partial charge in [-0.3, -0.25) is 4.79 Å². The number of aliphatic carboxylic acids is 1. The smallest absolute Gasteiger partial charge is 0.308 e. The maximum atomic E-state index is 10.8. The zero-order valence-corrected chi connectivity index (χ0v) is 7.12. The van der Waals surface area contributed by atoms with Crippen LogP contribution in [0.15, 0.2) is 0 Å². The minimum Gasteiger partial charge on any atom is -0.481 e. The van der Waals surface area contributed by atoms with Crippen LogP contribution in [0.1, 0.15) is 25.7 Å².